The van der Waals surface area contributed by atoms with E-state index in [9.17, 15) is 0 Å². The lowest BCUT2D eigenvalue weighted by molar-refractivity contribution is 0.392. The van der Waals surface area contributed by atoms with E-state index in [2.05, 4.69) is 20.3 Å². The van der Waals surface area contributed by atoms with Gasteiger partial charge in [0.2, 0.25) is 11.7 Å². The number of nitrogens with zero attached hydrogens (tertiary/aromatic N) is 4. The third kappa shape index (κ3) is 2.21. The molecule has 0 aliphatic heterocycles. The van der Waals surface area contributed by atoms with Gasteiger partial charge in [-0.05, 0) is 24.6 Å². The second-order valence-electron chi connectivity index (χ2n) is 4.04. The molecule has 0 unspecified atom stereocenters. The van der Waals surface area contributed by atoms with Gasteiger partial charge >= 0.3 is 0 Å². The maximum absolute atomic E-state index is 5.76. The van der Waals surface area contributed by atoms with Gasteiger partial charge < -0.3 is 15.0 Å². The standard InChI is InChI=1S/C12H11N5O2S/c1-6-5-8(13)20-10(6)12-14-11(17-19-12)7-3-4-9(18-2)16-15-7/h3-5H,13H2,1-2H3. The fourth-order valence-electron chi connectivity index (χ4n) is 1.69. The summed E-state index contributed by atoms with van der Waals surface area (Å²) >= 11 is 1.41. The highest BCUT2D eigenvalue weighted by atomic mass is 32.1. The SMILES string of the molecule is COc1ccc(-c2noc(-c3sc(N)cc3C)n2)nn1. The molecule has 20 heavy (non-hydrogen) atoms. The molecule has 102 valence electrons. The molecule has 0 aliphatic rings. The first-order valence-electron chi connectivity index (χ1n) is 5.75. The molecule has 0 atom stereocenters. The minimum atomic E-state index is 0.376. The van der Waals surface area contributed by atoms with Gasteiger partial charge in [-0.2, -0.15) is 4.98 Å². The van der Waals surface area contributed by atoms with Gasteiger partial charge in [0.15, 0.2) is 0 Å². The van der Waals surface area contributed by atoms with Crippen molar-refractivity contribution in [1.82, 2.24) is 20.3 Å². The first-order chi connectivity index (χ1) is 9.67. The van der Waals surface area contributed by atoms with Crippen LogP contribution in [0.15, 0.2) is 22.7 Å². The number of hydrogen-bond donors (Lipinski definition) is 1. The molecule has 0 amide bonds. The highest BCUT2D eigenvalue weighted by Crippen LogP contribution is 2.33. The van der Waals surface area contributed by atoms with Crippen LogP contribution < -0.4 is 10.5 Å². The van der Waals surface area contributed by atoms with E-state index in [4.69, 9.17) is 15.0 Å². The molecule has 3 aromatic rings. The Labute approximate surface area is 118 Å². The summed E-state index contributed by atoms with van der Waals surface area (Å²) in [4.78, 5) is 5.18. The molecule has 2 N–H and O–H groups in total. The first kappa shape index (κ1) is 12.5. The molecule has 3 aromatic heterocycles. The molecule has 0 radical (unpaired) electrons. The van der Waals surface area contributed by atoms with Crippen molar-refractivity contribution in [2.45, 2.75) is 6.92 Å². The molecule has 8 heteroatoms. The molecule has 0 aliphatic carbocycles. The predicted molar refractivity (Wildman–Crippen MR) is 74.3 cm³/mol. The molecule has 0 bridgehead atoms. The number of thiophene rings is 1. The molecule has 0 fully saturated rings. The molecular formula is C12H11N5O2S. The zero-order valence-corrected chi connectivity index (χ0v) is 11.6. The van der Waals surface area contributed by atoms with Crippen molar-refractivity contribution in [3.05, 3.63) is 23.8 Å². The molecule has 0 saturated heterocycles. The molecule has 3 rings (SSSR count). The van der Waals surface area contributed by atoms with Crippen LogP contribution in [-0.4, -0.2) is 27.4 Å². The van der Waals surface area contributed by atoms with Crippen LogP contribution in [0.5, 0.6) is 5.88 Å². The fourth-order valence-corrected chi connectivity index (χ4v) is 2.55. The van der Waals surface area contributed by atoms with Gasteiger partial charge in [-0.15, -0.1) is 21.5 Å². The van der Waals surface area contributed by atoms with E-state index >= 15 is 0 Å². The van der Waals surface area contributed by atoms with E-state index in [1.165, 1.54) is 18.4 Å². The van der Waals surface area contributed by atoms with Crippen molar-refractivity contribution in [3.63, 3.8) is 0 Å². The van der Waals surface area contributed by atoms with Crippen molar-refractivity contribution in [2.24, 2.45) is 0 Å². The largest absolute Gasteiger partial charge is 0.480 e. The van der Waals surface area contributed by atoms with E-state index < -0.39 is 0 Å². The normalized spacial score (nSPS) is 10.7. The molecule has 0 aromatic carbocycles. The summed E-state index contributed by atoms with van der Waals surface area (Å²) in [7, 11) is 1.53. The number of nitrogen functional groups attached to an aromatic ring is 1. The van der Waals surface area contributed by atoms with Gasteiger partial charge in [-0.3, -0.25) is 0 Å². The van der Waals surface area contributed by atoms with Crippen LogP contribution in [0.4, 0.5) is 5.00 Å². The lowest BCUT2D eigenvalue weighted by atomic mass is 10.3. The third-order valence-corrected chi connectivity index (χ3v) is 3.69. The van der Waals surface area contributed by atoms with Gasteiger partial charge in [0.1, 0.15) is 5.69 Å². The summed E-state index contributed by atoms with van der Waals surface area (Å²) in [6.45, 7) is 1.94. The number of aryl methyl sites for hydroxylation is 1. The maximum Gasteiger partial charge on any atom is 0.268 e. The van der Waals surface area contributed by atoms with E-state index in [0.29, 0.717) is 28.3 Å². The summed E-state index contributed by atoms with van der Waals surface area (Å²) in [5, 5.41) is 12.5. The van der Waals surface area contributed by atoms with E-state index in [0.717, 1.165) is 10.4 Å². The van der Waals surface area contributed by atoms with Crippen LogP contribution in [0.3, 0.4) is 0 Å². The minimum Gasteiger partial charge on any atom is -0.480 e. The number of anilines is 1. The highest BCUT2D eigenvalue weighted by Gasteiger charge is 2.16. The topological polar surface area (TPSA) is 100.0 Å². The summed E-state index contributed by atoms with van der Waals surface area (Å²) < 4.78 is 10.2. The number of hydrogen-bond acceptors (Lipinski definition) is 8. The monoisotopic (exact) mass is 289 g/mol. The summed E-state index contributed by atoms with van der Waals surface area (Å²) in [6, 6.07) is 5.28. The molecular weight excluding hydrogens is 278 g/mol. The van der Waals surface area contributed by atoms with E-state index in [-0.39, 0.29) is 0 Å². The Morgan fingerprint density at radius 2 is 2.15 bits per heavy atom. The van der Waals surface area contributed by atoms with E-state index in [1.807, 2.05) is 13.0 Å². The average molecular weight is 289 g/mol. The number of aromatic nitrogens is 4. The zero-order valence-electron chi connectivity index (χ0n) is 10.8. The van der Waals surface area contributed by atoms with Crippen molar-refractivity contribution in [3.8, 4) is 28.2 Å². The van der Waals surface area contributed by atoms with Crippen molar-refractivity contribution in [1.29, 1.82) is 0 Å². The van der Waals surface area contributed by atoms with Gasteiger partial charge in [0, 0.05) is 6.07 Å². The Morgan fingerprint density at radius 3 is 2.75 bits per heavy atom. The van der Waals surface area contributed by atoms with Crippen molar-refractivity contribution < 1.29 is 9.26 Å². The van der Waals surface area contributed by atoms with Crippen LogP contribution in [0.2, 0.25) is 0 Å². The predicted octanol–water partition coefficient (Wildman–Crippen LogP) is 2.15. The van der Waals surface area contributed by atoms with Gasteiger partial charge in [-0.25, -0.2) is 0 Å². The molecule has 7 nitrogen and oxygen atoms in total. The number of methoxy groups -OCH3 is 1. The number of rotatable bonds is 3. The summed E-state index contributed by atoms with van der Waals surface area (Å²) in [5.74, 6) is 1.23. The third-order valence-electron chi connectivity index (χ3n) is 2.64. The van der Waals surface area contributed by atoms with Crippen molar-refractivity contribution >= 4 is 16.3 Å². The summed E-state index contributed by atoms with van der Waals surface area (Å²) in [5.41, 5.74) is 7.28. The lowest BCUT2D eigenvalue weighted by Crippen LogP contribution is -1.92. The minimum absolute atomic E-state index is 0.376. The average Bonchev–Trinajstić information content (AvgIpc) is 3.05. The Balaban J connectivity index is 1.95. The Bertz CT molecular complexity index is 735. The lowest BCUT2D eigenvalue weighted by Gasteiger charge is -1.96. The number of ether oxygens (including phenoxy) is 1. The zero-order chi connectivity index (χ0) is 14.1. The van der Waals surface area contributed by atoms with Crippen LogP contribution in [0, 0.1) is 6.92 Å². The van der Waals surface area contributed by atoms with Gasteiger partial charge in [0.05, 0.1) is 17.0 Å². The van der Waals surface area contributed by atoms with Crippen LogP contribution in [0.25, 0.3) is 22.3 Å². The maximum atomic E-state index is 5.76. The van der Waals surface area contributed by atoms with Crippen LogP contribution in [0.1, 0.15) is 5.56 Å². The second kappa shape index (κ2) is 4.89. The smallest absolute Gasteiger partial charge is 0.268 e. The van der Waals surface area contributed by atoms with E-state index in [1.54, 1.807) is 12.1 Å². The summed E-state index contributed by atoms with van der Waals surface area (Å²) in [6.07, 6.45) is 0. The fraction of sp³-hybridized carbons (Fsp3) is 0.167. The molecule has 0 spiro atoms. The Morgan fingerprint density at radius 1 is 1.30 bits per heavy atom. The van der Waals surface area contributed by atoms with Crippen LogP contribution in [-0.2, 0) is 0 Å². The molecule has 0 saturated carbocycles. The van der Waals surface area contributed by atoms with Gasteiger partial charge in [0.25, 0.3) is 5.89 Å². The Hall–Kier alpha value is -2.48. The molecule has 3 heterocycles. The Kier molecular flexibility index (Phi) is 3.07. The van der Waals surface area contributed by atoms with Crippen molar-refractivity contribution in [2.75, 3.05) is 12.8 Å². The van der Waals surface area contributed by atoms with Crippen LogP contribution >= 0.6 is 11.3 Å². The first-order valence-corrected chi connectivity index (χ1v) is 6.57. The highest BCUT2D eigenvalue weighted by molar-refractivity contribution is 7.19. The quantitative estimate of drug-likeness (QED) is 0.788. The van der Waals surface area contributed by atoms with Gasteiger partial charge in [-0.1, -0.05) is 5.16 Å². The second-order valence-corrected chi connectivity index (χ2v) is 5.13. The number of nitrogens with two attached hydrogens (primary N) is 1.